The average Bonchev–Trinajstić information content (AvgIpc) is 3.30. The number of fused-ring (bicyclic) bond motifs is 5. The first-order valence-electron chi connectivity index (χ1n) is 11.4. The monoisotopic (exact) mass is 397 g/mol. The predicted octanol–water partition coefficient (Wildman–Crippen LogP) is 6.24. The van der Waals surface area contributed by atoms with Gasteiger partial charge in [0, 0.05) is 24.4 Å². The molecular formula is C25H35NOS. The van der Waals surface area contributed by atoms with Gasteiger partial charge >= 0.3 is 0 Å². The summed E-state index contributed by atoms with van der Waals surface area (Å²) >= 11 is 1.85. The smallest absolute Gasteiger partial charge is 0.222 e. The molecule has 7 atom stereocenters. The molecule has 152 valence electrons. The van der Waals surface area contributed by atoms with Gasteiger partial charge in [-0.2, -0.15) is 0 Å². The Hall–Kier alpha value is -1.09. The van der Waals surface area contributed by atoms with Gasteiger partial charge in [-0.15, -0.1) is 11.3 Å². The molecule has 3 heteroatoms. The second kappa shape index (κ2) is 6.72. The maximum absolute atomic E-state index is 12.3. The Morgan fingerprint density at radius 1 is 1.07 bits per heavy atom. The molecule has 4 aliphatic rings. The largest absolute Gasteiger partial charge is 0.342 e. The molecule has 0 bridgehead atoms. The van der Waals surface area contributed by atoms with Crippen molar-refractivity contribution >= 4 is 23.3 Å². The molecule has 0 aromatic carbocycles. The van der Waals surface area contributed by atoms with Crippen molar-refractivity contribution in [3.05, 3.63) is 28.5 Å². The van der Waals surface area contributed by atoms with Crippen molar-refractivity contribution < 1.29 is 4.79 Å². The maximum Gasteiger partial charge on any atom is 0.222 e. The van der Waals surface area contributed by atoms with Crippen LogP contribution in [0.5, 0.6) is 0 Å². The van der Waals surface area contributed by atoms with E-state index in [1.165, 1.54) is 43.4 Å². The SMILES string of the molecule is CN1C(=O)CC[C@@]2(C)C1CC[C@H]1[C@@H]3CC[C@H](/C=C/c4cccs4)[C@@]3(C)CC[C@@H]12. The van der Waals surface area contributed by atoms with Gasteiger partial charge in [-0.3, -0.25) is 4.79 Å². The zero-order valence-corrected chi connectivity index (χ0v) is 18.5. The molecule has 4 fully saturated rings. The third-order valence-corrected chi connectivity index (χ3v) is 10.5. The molecule has 2 heterocycles. The number of hydrogen-bond donors (Lipinski definition) is 0. The van der Waals surface area contributed by atoms with E-state index < -0.39 is 0 Å². The van der Waals surface area contributed by atoms with Crippen molar-refractivity contribution in [2.24, 2.45) is 34.5 Å². The van der Waals surface area contributed by atoms with Gasteiger partial charge in [0.25, 0.3) is 0 Å². The number of amides is 1. The summed E-state index contributed by atoms with van der Waals surface area (Å²) < 4.78 is 0. The van der Waals surface area contributed by atoms with Crippen molar-refractivity contribution in [2.75, 3.05) is 7.05 Å². The van der Waals surface area contributed by atoms with E-state index in [1.54, 1.807) is 0 Å². The van der Waals surface area contributed by atoms with Gasteiger partial charge in [0.1, 0.15) is 0 Å². The summed E-state index contributed by atoms with van der Waals surface area (Å²) in [5.74, 6) is 3.69. The van der Waals surface area contributed by atoms with Crippen LogP contribution >= 0.6 is 11.3 Å². The van der Waals surface area contributed by atoms with Crippen LogP contribution in [0.1, 0.15) is 70.1 Å². The number of carbonyl (C=O) groups excluding carboxylic acids is 1. The standard InChI is InChI=1S/C25H35NOS/c1-24-14-12-21-19(9-11-22-25(21,2)15-13-23(27)26(22)3)20(24)10-7-17(24)6-8-18-5-4-16-28-18/h4-6,8,16-17,19-22H,7,9-15H2,1-3H3/b8-6+/t17-,19-,20-,21-,22?,24+,25+/m0/s1. The zero-order chi connectivity index (χ0) is 19.5. The summed E-state index contributed by atoms with van der Waals surface area (Å²) in [5.41, 5.74) is 0.826. The minimum absolute atomic E-state index is 0.345. The van der Waals surface area contributed by atoms with Gasteiger partial charge in [0.15, 0.2) is 0 Å². The lowest BCUT2D eigenvalue weighted by molar-refractivity contribution is -0.157. The molecule has 1 aromatic rings. The van der Waals surface area contributed by atoms with Crippen molar-refractivity contribution in [3.8, 4) is 0 Å². The molecule has 1 unspecified atom stereocenters. The molecule has 2 nitrogen and oxygen atoms in total. The van der Waals surface area contributed by atoms with E-state index in [9.17, 15) is 4.79 Å². The molecule has 0 radical (unpaired) electrons. The van der Waals surface area contributed by atoms with Crippen molar-refractivity contribution in [1.82, 2.24) is 4.90 Å². The van der Waals surface area contributed by atoms with Crippen LogP contribution in [0.25, 0.3) is 6.08 Å². The number of nitrogens with zero attached hydrogens (tertiary/aromatic N) is 1. The minimum Gasteiger partial charge on any atom is -0.342 e. The van der Waals surface area contributed by atoms with Crippen LogP contribution in [-0.2, 0) is 4.79 Å². The molecule has 0 N–H and O–H groups in total. The fourth-order valence-corrected chi connectivity index (χ4v) is 8.73. The second-order valence-corrected chi connectivity index (χ2v) is 11.6. The van der Waals surface area contributed by atoms with Gasteiger partial charge in [0.2, 0.25) is 5.91 Å². The zero-order valence-electron chi connectivity index (χ0n) is 17.7. The summed E-state index contributed by atoms with van der Waals surface area (Å²) in [5, 5.41) is 2.18. The van der Waals surface area contributed by atoms with Crippen LogP contribution in [0.3, 0.4) is 0 Å². The first-order valence-corrected chi connectivity index (χ1v) is 12.3. The molecule has 1 aliphatic heterocycles. The Balaban J connectivity index is 1.38. The highest BCUT2D eigenvalue weighted by Gasteiger charge is 2.60. The Kier molecular flexibility index (Phi) is 4.54. The first kappa shape index (κ1) is 18.9. The van der Waals surface area contributed by atoms with Crippen LogP contribution in [0.15, 0.2) is 23.6 Å². The lowest BCUT2D eigenvalue weighted by atomic mass is 9.47. The second-order valence-electron chi connectivity index (χ2n) is 10.6. The van der Waals surface area contributed by atoms with Crippen molar-refractivity contribution in [1.29, 1.82) is 0 Å². The van der Waals surface area contributed by atoms with Crippen LogP contribution in [0, 0.1) is 34.5 Å². The third kappa shape index (κ3) is 2.68. The molecule has 5 rings (SSSR count). The lowest BCUT2D eigenvalue weighted by Crippen LogP contribution is -2.61. The normalized spacial score (nSPS) is 45.8. The summed E-state index contributed by atoms with van der Waals surface area (Å²) in [7, 11) is 2.07. The predicted molar refractivity (Wildman–Crippen MR) is 117 cm³/mol. The van der Waals surface area contributed by atoms with Crippen LogP contribution in [-0.4, -0.2) is 23.9 Å². The van der Waals surface area contributed by atoms with Crippen molar-refractivity contribution in [3.63, 3.8) is 0 Å². The Bertz CT molecular complexity index is 770. The van der Waals surface area contributed by atoms with E-state index in [1.807, 2.05) is 11.3 Å². The van der Waals surface area contributed by atoms with E-state index in [4.69, 9.17) is 0 Å². The van der Waals surface area contributed by atoms with Gasteiger partial charge in [-0.1, -0.05) is 26.0 Å². The molecule has 1 aromatic heterocycles. The number of likely N-dealkylation sites (tertiary alicyclic amines) is 1. The van der Waals surface area contributed by atoms with Crippen LogP contribution < -0.4 is 0 Å². The topological polar surface area (TPSA) is 20.3 Å². The molecule has 3 aliphatic carbocycles. The Morgan fingerprint density at radius 2 is 1.89 bits per heavy atom. The highest BCUT2D eigenvalue weighted by atomic mass is 32.1. The molecule has 1 saturated heterocycles. The van der Waals surface area contributed by atoms with Crippen molar-refractivity contribution in [2.45, 2.75) is 71.3 Å². The van der Waals surface area contributed by atoms with E-state index in [0.717, 1.165) is 36.5 Å². The van der Waals surface area contributed by atoms with Gasteiger partial charge < -0.3 is 4.90 Å². The lowest BCUT2D eigenvalue weighted by Gasteiger charge is -2.61. The van der Waals surface area contributed by atoms with Gasteiger partial charge in [0.05, 0.1) is 0 Å². The fourth-order valence-electron chi connectivity index (χ4n) is 8.10. The summed E-state index contributed by atoms with van der Waals surface area (Å²) in [6.07, 6.45) is 14.9. The summed E-state index contributed by atoms with van der Waals surface area (Å²) in [6, 6.07) is 4.87. The average molecular weight is 398 g/mol. The number of piperidine rings is 1. The van der Waals surface area contributed by atoms with E-state index in [2.05, 4.69) is 55.5 Å². The van der Waals surface area contributed by atoms with E-state index >= 15 is 0 Å². The molecule has 28 heavy (non-hydrogen) atoms. The maximum atomic E-state index is 12.3. The molecular weight excluding hydrogens is 362 g/mol. The first-order chi connectivity index (χ1) is 13.4. The van der Waals surface area contributed by atoms with Gasteiger partial charge in [-0.05, 0) is 97.0 Å². The quantitative estimate of drug-likeness (QED) is 0.578. The molecule has 0 spiro atoms. The number of rotatable bonds is 2. The molecule has 3 saturated carbocycles. The number of hydrogen-bond acceptors (Lipinski definition) is 2. The van der Waals surface area contributed by atoms with Crippen LogP contribution in [0.4, 0.5) is 0 Å². The molecule has 1 amide bonds. The minimum atomic E-state index is 0.345. The Labute approximate surface area is 174 Å². The van der Waals surface area contributed by atoms with E-state index in [-0.39, 0.29) is 0 Å². The highest BCUT2D eigenvalue weighted by Crippen LogP contribution is 2.66. The van der Waals surface area contributed by atoms with Gasteiger partial charge in [-0.25, -0.2) is 0 Å². The third-order valence-electron chi connectivity index (χ3n) is 9.67. The number of carbonyl (C=O) groups is 1. The van der Waals surface area contributed by atoms with Crippen LogP contribution in [0.2, 0.25) is 0 Å². The summed E-state index contributed by atoms with van der Waals surface area (Å²) in [4.78, 5) is 15.8. The fraction of sp³-hybridized carbons (Fsp3) is 0.720. The highest BCUT2D eigenvalue weighted by molar-refractivity contribution is 7.10. The number of allylic oxidation sites excluding steroid dienone is 1. The number of thiophene rings is 1. The summed E-state index contributed by atoms with van der Waals surface area (Å²) in [6.45, 7) is 5.14. The van der Waals surface area contributed by atoms with E-state index in [0.29, 0.717) is 22.8 Å². The Morgan fingerprint density at radius 3 is 2.68 bits per heavy atom.